The molecule has 2 unspecified atom stereocenters. The molecule has 0 spiro atoms. The number of halogens is 1. The van der Waals surface area contributed by atoms with E-state index in [0.29, 0.717) is 17.0 Å². The molecular formula is C24H24FNO3S. The lowest BCUT2D eigenvalue weighted by molar-refractivity contribution is -0.121. The minimum Gasteiger partial charge on any atom is -0.495 e. The summed E-state index contributed by atoms with van der Waals surface area (Å²) in [5.41, 5.74) is 3.55. The highest BCUT2D eigenvalue weighted by Crippen LogP contribution is 2.46. The fourth-order valence-electron chi connectivity index (χ4n) is 4.16. The van der Waals surface area contributed by atoms with Crippen molar-refractivity contribution >= 4 is 17.5 Å². The minimum absolute atomic E-state index is 0.0129. The molecule has 4 nitrogen and oxygen atoms in total. The summed E-state index contributed by atoms with van der Waals surface area (Å²) in [5, 5.41) is 0. The molecule has 1 aliphatic heterocycles. The van der Waals surface area contributed by atoms with E-state index in [4.69, 9.17) is 9.47 Å². The third-order valence-electron chi connectivity index (χ3n) is 5.36. The average molecular weight is 426 g/mol. The molecule has 0 saturated carbocycles. The number of thioether (sulfide) groups is 1. The Morgan fingerprint density at radius 2 is 2.03 bits per heavy atom. The first-order valence-corrected chi connectivity index (χ1v) is 11.0. The lowest BCUT2D eigenvalue weighted by atomic mass is 9.96. The summed E-state index contributed by atoms with van der Waals surface area (Å²) in [6.07, 6.45) is 2.93. The monoisotopic (exact) mass is 425 g/mol. The highest BCUT2D eigenvalue weighted by Gasteiger charge is 2.34. The number of aromatic nitrogens is 1. The molecule has 0 amide bonds. The highest BCUT2D eigenvalue weighted by atomic mass is 32.2. The van der Waals surface area contributed by atoms with Crippen LogP contribution in [0, 0.1) is 12.7 Å². The van der Waals surface area contributed by atoms with Crippen molar-refractivity contribution in [2.75, 3.05) is 13.4 Å². The molecule has 156 valence electrons. The summed E-state index contributed by atoms with van der Waals surface area (Å²) >= 11 is 1.58. The van der Waals surface area contributed by atoms with E-state index in [1.165, 1.54) is 6.07 Å². The Morgan fingerprint density at radius 3 is 2.73 bits per heavy atom. The van der Waals surface area contributed by atoms with E-state index in [-0.39, 0.29) is 18.0 Å². The Bertz CT molecular complexity index is 1110. The molecular weight excluding hydrogens is 401 g/mol. The van der Waals surface area contributed by atoms with Gasteiger partial charge in [-0.2, -0.15) is 0 Å². The standard InChI is InChI=1S/C24H24FNO3S/c1-14-11-17-22(18(25)12-14)26-10-6-8-19(26)20(13-15(2)27)29-23(17)16-7-5-9-21(30-4)24(16)28-3/h5-12,20,23H,13H2,1-4H3. The Labute approximate surface area is 180 Å². The zero-order chi connectivity index (χ0) is 21.4. The van der Waals surface area contributed by atoms with Crippen molar-refractivity contribution in [1.29, 1.82) is 0 Å². The largest absolute Gasteiger partial charge is 0.495 e. The number of carbonyl (C=O) groups is 1. The number of ether oxygens (including phenoxy) is 2. The van der Waals surface area contributed by atoms with Crippen LogP contribution in [0.25, 0.3) is 5.69 Å². The number of carbonyl (C=O) groups excluding carboxylic acids is 1. The van der Waals surface area contributed by atoms with Crippen molar-refractivity contribution < 1.29 is 18.7 Å². The summed E-state index contributed by atoms with van der Waals surface area (Å²) < 4.78 is 29.4. The predicted octanol–water partition coefficient (Wildman–Crippen LogP) is 5.80. The molecule has 4 rings (SSSR count). The van der Waals surface area contributed by atoms with Crippen molar-refractivity contribution in [2.24, 2.45) is 0 Å². The lowest BCUT2D eigenvalue weighted by Crippen LogP contribution is -2.14. The van der Waals surface area contributed by atoms with E-state index in [1.54, 1.807) is 25.8 Å². The first-order valence-electron chi connectivity index (χ1n) is 9.78. The molecule has 2 heterocycles. The molecule has 0 bridgehead atoms. The number of aryl methyl sites for hydroxylation is 1. The number of methoxy groups -OCH3 is 1. The van der Waals surface area contributed by atoms with Gasteiger partial charge in [0.15, 0.2) is 0 Å². The maximum Gasteiger partial charge on any atom is 0.147 e. The zero-order valence-corrected chi connectivity index (χ0v) is 18.3. The Hall–Kier alpha value is -2.57. The molecule has 6 heteroatoms. The Morgan fingerprint density at radius 1 is 1.23 bits per heavy atom. The van der Waals surface area contributed by atoms with Crippen molar-refractivity contribution in [3.63, 3.8) is 0 Å². The van der Waals surface area contributed by atoms with E-state index in [1.807, 2.05) is 60.3 Å². The van der Waals surface area contributed by atoms with Gasteiger partial charge in [0.05, 0.1) is 18.5 Å². The molecule has 0 aliphatic carbocycles. The summed E-state index contributed by atoms with van der Waals surface area (Å²) in [4.78, 5) is 13.0. The second-order valence-corrected chi connectivity index (χ2v) is 8.33. The second-order valence-electron chi connectivity index (χ2n) is 7.48. The molecule has 0 fully saturated rings. The first kappa shape index (κ1) is 20.7. The molecule has 2 atom stereocenters. The van der Waals surface area contributed by atoms with Gasteiger partial charge in [-0.1, -0.05) is 18.2 Å². The number of para-hydroxylation sites is 1. The van der Waals surface area contributed by atoms with Crippen molar-refractivity contribution in [2.45, 2.75) is 37.4 Å². The normalized spacial score (nSPS) is 17.8. The van der Waals surface area contributed by atoms with Gasteiger partial charge < -0.3 is 14.0 Å². The van der Waals surface area contributed by atoms with E-state index in [9.17, 15) is 4.79 Å². The van der Waals surface area contributed by atoms with Gasteiger partial charge in [0.2, 0.25) is 0 Å². The van der Waals surface area contributed by atoms with Crippen LogP contribution in [0.15, 0.2) is 53.6 Å². The Kier molecular flexibility index (Phi) is 5.71. The number of rotatable bonds is 5. The molecule has 3 aromatic rings. The quantitative estimate of drug-likeness (QED) is 0.485. The van der Waals surface area contributed by atoms with Crippen molar-refractivity contribution in [3.8, 4) is 11.4 Å². The first-order chi connectivity index (χ1) is 14.4. The van der Waals surface area contributed by atoms with Crippen LogP contribution >= 0.6 is 11.8 Å². The van der Waals surface area contributed by atoms with E-state index < -0.39 is 12.2 Å². The molecule has 0 N–H and O–H groups in total. The van der Waals surface area contributed by atoms with E-state index >= 15 is 4.39 Å². The van der Waals surface area contributed by atoms with Crippen LogP contribution in [0.1, 0.15) is 47.9 Å². The lowest BCUT2D eigenvalue weighted by Gasteiger charge is -2.25. The van der Waals surface area contributed by atoms with Crippen LogP contribution in [-0.4, -0.2) is 23.7 Å². The third-order valence-corrected chi connectivity index (χ3v) is 6.12. The average Bonchev–Trinajstić information content (AvgIpc) is 3.14. The zero-order valence-electron chi connectivity index (χ0n) is 17.4. The van der Waals surface area contributed by atoms with Gasteiger partial charge in [0.1, 0.15) is 29.6 Å². The van der Waals surface area contributed by atoms with Crippen LogP contribution in [0.5, 0.6) is 5.75 Å². The topological polar surface area (TPSA) is 40.5 Å². The number of benzene rings is 2. The highest BCUT2D eigenvalue weighted by molar-refractivity contribution is 7.98. The van der Waals surface area contributed by atoms with Gasteiger partial charge in [-0.25, -0.2) is 4.39 Å². The minimum atomic E-state index is -0.583. The van der Waals surface area contributed by atoms with Crippen LogP contribution < -0.4 is 4.74 Å². The van der Waals surface area contributed by atoms with E-state index in [2.05, 4.69) is 0 Å². The SMILES string of the molecule is COc1c(SC)cccc1C1OC(CC(C)=O)c2cccn2-c2c(F)cc(C)cc21. The van der Waals surface area contributed by atoms with Gasteiger partial charge in [-0.15, -0.1) is 11.8 Å². The summed E-state index contributed by atoms with van der Waals surface area (Å²) in [7, 11) is 1.63. The van der Waals surface area contributed by atoms with Gasteiger partial charge in [-0.05, 0) is 49.9 Å². The molecule has 1 aliphatic rings. The number of fused-ring (bicyclic) bond motifs is 3. The van der Waals surface area contributed by atoms with Gasteiger partial charge >= 0.3 is 0 Å². The smallest absolute Gasteiger partial charge is 0.147 e. The maximum absolute atomic E-state index is 15.3. The van der Waals surface area contributed by atoms with E-state index in [0.717, 1.165) is 21.7 Å². The molecule has 0 radical (unpaired) electrons. The number of Topliss-reactive ketones (excluding diaryl/α,β-unsaturated/α-hetero) is 1. The third kappa shape index (κ3) is 3.55. The van der Waals surface area contributed by atoms with Crippen molar-refractivity contribution in [1.82, 2.24) is 4.57 Å². The Balaban J connectivity index is 2.00. The van der Waals surface area contributed by atoms with Gasteiger partial charge in [0.25, 0.3) is 0 Å². The second kappa shape index (κ2) is 8.28. The maximum atomic E-state index is 15.3. The number of hydrogen-bond donors (Lipinski definition) is 0. The summed E-state index contributed by atoms with van der Waals surface area (Å²) in [5.74, 6) is 0.398. The van der Waals surface area contributed by atoms with Gasteiger partial charge in [0, 0.05) is 28.6 Å². The van der Waals surface area contributed by atoms with Crippen LogP contribution in [0.2, 0.25) is 0 Å². The molecule has 30 heavy (non-hydrogen) atoms. The van der Waals surface area contributed by atoms with Gasteiger partial charge in [-0.3, -0.25) is 4.79 Å². The molecule has 1 aromatic heterocycles. The van der Waals surface area contributed by atoms with Crippen LogP contribution in [-0.2, 0) is 9.53 Å². The fourth-order valence-corrected chi connectivity index (χ4v) is 4.76. The number of hydrogen-bond acceptors (Lipinski definition) is 4. The molecule has 2 aromatic carbocycles. The summed E-state index contributed by atoms with van der Waals surface area (Å²) in [6, 6.07) is 13.1. The van der Waals surface area contributed by atoms with Crippen molar-refractivity contribution in [3.05, 3.63) is 76.9 Å². The summed E-state index contributed by atoms with van der Waals surface area (Å²) in [6.45, 7) is 3.41. The number of ketones is 1. The molecule has 0 saturated heterocycles. The van der Waals surface area contributed by atoms with Crippen LogP contribution in [0.4, 0.5) is 4.39 Å². The number of nitrogens with zero attached hydrogens (tertiary/aromatic N) is 1. The predicted molar refractivity (Wildman–Crippen MR) is 116 cm³/mol. The fraction of sp³-hybridized carbons (Fsp3) is 0.292. The van der Waals surface area contributed by atoms with Crippen LogP contribution in [0.3, 0.4) is 0 Å².